The Morgan fingerprint density at radius 1 is 1.48 bits per heavy atom. The Morgan fingerprint density at radius 3 is 2.91 bits per heavy atom. The van der Waals surface area contributed by atoms with E-state index in [0.717, 1.165) is 49.5 Å². The average molecular weight is 337 g/mol. The van der Waals surface area contributed by atoms with Crippen molar-refractivity contribution in [1.82, 2.24) is 10.3 Å². The number of carbonyl (C=O) groups is 1. The van der Waals surface area contributed by atoms with Crippen LogP contribution in [0.2, 0.25) is 0 Å². The zero-order chi connectivity index (χ0) is 16.4. The largest absolute Gasteiger partial charge is 0.393 e. The fourth-order valence-corrected chi connectivity index (χ4v) is 4.37. The van der Waals surface area contributed by atoms with Gasteiger partial charge in [-0.1, -0.05) is 19.8 Å². The Bertz CT molecular complexity index is 558. The highest BCUT2D eigenvalue weighted by Gasteiger charge is 2.35. The summed E-state index contributed by atoms with van der Waals surface area (Å²) in [7, 11) is 0. The van der Waals surface area contributed by atoms with Crippen LogP contribution in [0.3, 0.4) is 0 Å². The fraction of sp³-hybridized carbons (Fsp3) is 0.765. The molecular formula is C17H27N3O2S. The first-order valence-corrected chi connectivity index (χ1v) is 9.50. The van der Waals surface area contributed by atoms with Crippen LogP contribution in [0.1, 0.15) is 58.1 Å². The van der Waals surface area contributed by atoms with E-state index < -0.39 is 0 Å². The normalized spacial score (nSPS) is 27.9. The number of carbonyl (C=O) groups excluding carboxylic acids is 1. The van der Waals surface area contributed by atoms with Crippen LogP contribution < -0.4 is 10.2 Å². The van der Waals surface area contributed by atoms with Crippen molar-refractivity contribution in [1.29, 1.82) is 0 Å². The lowest BCUT2D eigenvalue weighted by Gasteiger charge is -2.38. The van der Waals surface area contributed by atoms with Crippen molar-refractivity contribution in [3.63, 3.8) is 0 Å². The maximum absolute atomic E-state index is 11.8. The van der Waals surface area contributed by atoms with Gasteiger partial charge >= 0.3 is 0 Å². The summed E-state index contributed by atoms with van der Waals surface area (Å²) in [4.78, 5) is 18.2. The van der Waals surface area contributed by atoms with Crippen molar-refractivity contribution in [2.75, 3.05) is 11.4 Å². The maximum Gasteiger partial charge on any atom is 0.225 e. The number of nitrogens with zero attached hydrogens (tertiary/aromatic N) is 2. The summed E-state index contributed by atoms with van der Waals surface area (Å²) in [6.45, 7) is 5.28. The molecule has 1 heterocycles. The number of aliphatic hydroxyl groups excluding tert-OH is 1. The second kappa shape index (κ2) is 6.87. The van der Waals surface area contributed by atoms with E-state index >= 15 is 0 Å². The molecule has 0 saturated heterocycles. The molecule has 2 atom stereocenters. The van der Waals surface area contributed by atoms with Crippen LogP contribution in [0.4, 0.5) is 5.13 Å². The standard InChI is InChI=1S/C17H27N3O2S/c1-12(21)20(14-6-7-14)16-19-13(10-23-16)9-18-11-17(2)8-4-3-5-15(17)22/h10,14-15,18,22H,3-9,11H2,1-2H3. The number of amides is 1. The van der Waals surface area contributed by atoms with E-state index in [9.17, 15) is 9.90 Å². The molecule has 0 aliphatic heterocycles. The summed E-state index contributed by atoms with van der Waals surface area (Å²) in [5.74, 6) is 0.0826. The fourth-order valence-electron chi connectivity index (χ4n) is 3.43. The molecule has 23 heavy (non-hydrogen) atoms. The van der Waals surface area contributed by atoms with Crippen LogP contribution in [-0.2, 0) is 11.3 Å². The van der Waals surface area contributed by atoms with Gasteiger partial charge in [-0.2, -0.15) is 0 Å². The van der Waals surface area contributed by atoms with Gasteiger partial charge in [0.15, 0.2) is 5.13 Å². The van der Waals surface area contributed by atoms with Gasteiger partial charge in [0, 0.05) is 36.9 Å². The Hall–Kier alpha value is -0.980. The topological polar surface area (TPSA) is 65.5 Å². The van der Waals surface area contributed by atoms with Gasteiger partial charge in [-0.3, -0.25) is 9.69 Å². The minimum Gasteiger partial charge on any atom is -0.393 e. The first-order chi connectivity index (χ1) is 11.0. The molecule has 5 nitrogen and oxygen atoms in total. The smallest absolute Gasteiger partial charge is 0.225 e. The molecule has 0 bridgehead atoms. The molecule has 1 aromatic rings. The highest BCUT2D eigenvalue weighted by molar-refractivity contribution is 7.14. The third kappa shape index (κ3) is 3.92. The number of anilines is 1. The van der Waals surface area contributed by atoms with Crippen LogP contribution in [-0.4, -0.2) is 34.7 Å². The quantitative estimate of drug-likeness (QED) is 0.838. The molecule has 0 spiro atoms. The lowest BCUT2D eigenvalue weighted by molar-refractivity contribution is -0.116. The second-order valence-corrected chi connectivity index (χ2v) is 8.10. The van der Waals surface area contributed by atoms with E-state index in [1.54, 1.807) is 18.3 Å². The SMILES string of the molecule is CC(=O)N(c1nc(CNCC2(C)CCCCC2O)cs1)C1CC1. The van der Waals surface area contributed by atoms with Gasteiger partial charge in [-0.05, 0) is 25.7 Å². The van der Waals surface area contributed by atoms with Gasteiger partial charge in [0.1, 0.15) is 0 Å². The summed E-state index contributed by atoms with van der Waals surface area (Å²) in [5, 5.41) is 16.5. The van der Waals surface area contributed by atoms with Crippen molar-refractivity contribution >= 4 is 22.4 Å². The van der Waals surface area contributed by atoms with Crippen molar-refractivity contribution in [3.05, 3.63) is 11.1 Å². The average Bonchev–Trinajstić information content (AvgIpc) is 3.21. The molecule has 128 valence electrons. The molecule has 2 N–H and O–H groups in total. The van der Waals surface area contributed by atoms with E-state index in [1.807, 2.05) is 10.3 Å². The van der Waals surface area contributed by atoms with Gasteiger partial charge in [-0.25, -0.2) is 4.98 Å². The maximum atomic E-state index is 11.8. The predicted octanol–water partition coefficient (Wildman–Crippen LogP) is 2.69. The monoisotopic (exact) mass is 337 g/mol. The molecule has 3 rings (SSSR count). The molecular weight excluding hydrogens is 310 g/mol. The second-order valence-electron chi connectivity index (χ2n) is 7.26. The number of thiazole rings is 1. The summed E-state index contributed by atoms with van der Waals surface area (Å²) >= 11 is 1.54. The Kier molecular flexibility index (Phi) is 5.04. The zero-order valence-corrected chi connectivity index (χ0v) is 14.9. The molecule has 2 fully saturated rings. The number of hydrogen-bond donors (Lipinski definition) is 2. The molecule has 0 radical (unpaired) electrons. The number of nitrogens with one attached hydrogen (secondary N) is 1. The van der Waals surface area contributed by atoms with Crippen LogP contribution in [0.25, 0.3) is 0 Å². The molecule has 2 unspecified atom stereocenters. The lowest BCUT2D eigenvalue weighted by atomic mass is 9.73. The number of aromatic nitrogens is 1. The van der Waals surface area contributed by atoms with E-state index in [2.05, 4.69) is 17.2 Å². The summed E-state index contributed by atoms with van der Waals surface area (Å²) in [6, 6.07) is 0.357. The molecule has 2 saturated carbocycles. The van der Waals surface area contributed by atoms with E-state index in [1.165, 1.54) is 6.42 Å². The summed E-state index contributed by atoms with van der Waals surface area (Å²) in [5.41, 5.74) is 0.946. The molecule has 6 heteroatoms. The molecule has 2 aliphatic carbocycles. The van der Waals surface area contributed by atoms with Crippen molar-refractivity contribution in [2.24, 2.45) is 5.41 Å². The molecule has 0 aromatic carbocycles. The number of rotatable bonds is 6. The Balaban J connectivity index is 1.54. The van der Waals surface area contributed by atoms with Crippen molar-refractivity contribution in [3.8, 4) is 0 Å². The van der Waals surface area contributed by atoms with Crippen LogP contribution in [0.5, 0.6) is 0 Å². The van der Waals surface area contributed by atoms with Gasteiger partial charge in [-0.15, -0.1) is 11.3 Å². The van der Waals surface area contributed by atoms with Crippen LogP contribution in [0.15, 0.2) is 5.38 Å². The first-order valence-electron chi connectivity index (χ1n) is 8.62. The Labute approximate surface area is 142 Å². The number of hydrogen-bond acceptors (Lipinski definition) is 5. The van der Waals surface area contributed by atoms with Gasteiger partial charge in [0.05, 0.1) is 11.8 Å². The molecule has 1 aromatic heterocycles. The highest BCUT2D eigenvalue weighted by Crippen LogP contribution is 2.36. The predicted molar refractivity (Wildman–Crippen MR) is 92.6 cm³/mol. The van der Waals surface area contributed by atoms with Crippen molar-refractivity contribution < 1.29 is 9.90 Å². The zero-order valence-electron chi connectivity index (χ0n) is 14.0. The minimum atomic E-state index is -0.210. The minimum absolute atomic E-state index is 0.0312. The van der Waals surface area contributed by atoms with Gasteiger partial charge in [0.2, 0.25) is 5.91 Å². The Morgan fingerprint density at radius 2 is 2.26 bits per heavy atom. The van der Waals surface area contributed by atoms with Crippen LogP contribution in [0, 0.1) is 5.41 Å². The van der Waals surface area contributed by atoms with Gasteiger partial charge < -0.3 is 10.4 Å². The molecule has 1 amide bonds. The molecule has 2 aliphatic rings. The lowest BCUT2D eigenvalue weighted by Crippen LogP contribution is -2.43. The van der Waals surface area contributed by atoms with E-state index in [-0.39, 0.29) is 17.4 Å². The summed E-state index contributed by atoms with van der Waals surface area (Å²) in [6.07, 6.45) is 6.28. The summed E-state index contributed by atoms with van der Waals surface area (Å²) < 4.78 is 0. The third-order valence-electron chi connectivity index (χ3n) is 5.11. The van der Waals surface area contributed by atoms with Crippen LogP contribution >= 0.6 is 11.3 Å². The van der Waals surface area contributed by atoms with E-state index in [0.29, 0.717) is 12.6 Å². The number of aliphatic hydroxyl groups is 1. The van der Waals surface area contributed by atoms with Gasteiger partial charge in [0.25, 0.3) is 0 Å². The first kappa shape index (κ1) is 16.9. The third-order valence-corrected chi connectivity index (χ3v) is 6.00. The highest BCUT2D eigenvalue weighted by atomic mass is 32.1. The van der Waals surface area contributed by atoms with E-state index in [4.69, 9.17) is 0 Å². The van der Waals surface area contributed by atoms with Crippen molar-refractivity contribution in [2.45, 2.75) is 71.1 Å².